The van der Waals surface area contributed by atoms with Gasteiger partial charge in [-0.15, -0.1) is 0 Å². The van der Waals surface area contributed by atoms with E-state index >= 15 is 0 Å². The van der Waals surface area contributed by atoms with Crippen molar-refractivity contribution >= 4 is 5.82 Å². The number of anilines is 1. The minimum atomic E-state index is 0.242. The van der Waals surface area contributed by atoms with Crippen LogP contribution in [0.1, 0.15) is 31.4 Å². The van der Waals surface area contributed by atoms with Crippen molar-refractivity contribution in [3.05, 3.63) is 30.1 Å². The third kappa shape index (κ3) is 2.26. The Balaban J connectivity index is 2.54. The molecule has 0 unspecified atom stereocenters. The molecule has 2 heterocycles. The lowest BCUT2D eigenvalue weighted by molar-refractivity contribution is 0.760. The van der Waals surface area contributed by atoms with Crippen LogP contribution in [-0.2, 0) is 0 Å². The number of nitrogen functional groups attached to an aromatic ring is 1. The van der Waals surface area contributed by atoms with Gasteiger partial charge in [-0.3, -0.25) is 4.57 Å². The predicted molar refractivity (Wildman–Crippen MR) is 65.8 cm³/mol. The first kappa shape index (κ1) is 11.5. The van der Waals surface area contributed by atoms with E-state index in [1.165, 1.54) is 0 Å². The second-order valence-electron chi connectivity index (χ2n) is 4.11. The van der Waals surface area contributed by atoms with E-state index in [0.29, 0.717) is 5.82 Å². The molecule has 0 amide bonds. The summed E-state index contributed by atoms with van der Waals surface area (Å²) < 4.78 is 1.90. The average Bonchev–Trinajstić information content (AvgIpc) is 2.74. The number of aryl methyl sites for hydroxylation is 1. The lowest BCUT2D eigenvalue weighted by Gasteiger charge is -2.10. The van der Waals surface area contributed by atoms with Crippen LogP contribution in [0.2, 0.25) is 0 Å². The van der Waals surface area contributed by atoms with Gasteiger partial charge in [0.2, 0.25) is 0 Å². The van der Waals surface area contributed by atoms with E-state index in [0.717, 1.165) is 17.5 Å². The maximum absolute atomic E-state index is 5.41. The van der Waals surface area contributed by atoms with Gasteiger partial charge in [-0.25, -0.2) is 20.8 Å². The van der Waals surface area contributed by atoms with Crippen molar-refractivity contribution in [3.8, 4) is 5.82 Å². The smallest absolute Gasteiger partial charge is 0.145 e. The van der Waals surface area contributed by atoms with Crippen LogP contribution in [0.15, 0.2) is 18.5 Å². The van der Waals surface area contributed by atoms with Crippen molar-refractivity contribution in [1.82, 2.24) is 19.5 Å². The Labute approximate surface area is 99.9 Å². The third-order valence-corrected chi connectivity index (χ3v) is 2.47. The molecule has 0 spiro atoms. The Kier molecular flexibility index (Phi) is 3.06. The molecule has 6 nitrogen and oxygen atoms in total. The van der Waals surface area contributed by atoms with E-state index < -0.39 is 0 Å². The molecule has 0 saturated carbocycles. The number of nitrogens with two attached hydrogens (primary N) is 1. The van der Waals surface area contributed by atoms with Crippen LogP contribution in [0.25, 0.3) is 5.82 Å². The zero-order valence-corrected chi connectivity index (χ0v) is 10.2. The Morgan fingerprint density at radius 1 is 1.35 bits per heavy atom. The molecule has 0 aliphatic rings. The predicted octanol–water partition coefficient (Wildman–Crippen LogP) is 1.38. The van der Waals surface area contributed by atoms with Gasteiger partial charge in [-0.05, 0) is 6.92 Å². The molecular formula is C11H16N6. The monoisotopic (exact) mass is 232 g/mol. The van der Waals surface area contributed by atoms with Crippen molar-refractivity contribution in [1.29, 1.82) is 0 Å². The Morgan fingerprint density at radius 2 is 2.12 bits per heavy atom. The molecule has 0 aliphatic carbocycles. The maximum Gasteiger partial charge on any atom is 0.145 e. The number of hydrogen-bond donors (Lipinski definition) is 2. The molecule has 0 bridgehead atoms. The summed E-state index contributed by atoms with van der Waals surface area (Å²) >= 11 is 0. The summed E-state index contributed by atoms with van der Waals surface area (Å²) in [5.41, 5.74) is 2.56. The standard InChI is InChI=1S/C11H16N6/c1-7(2)11-14-9(16-12)6-10(15-11)17-5-4-13-8(17)3/h4-7H,12H2,1-3H3,(H,14,15,16). The number of nitrogens with one attached hydrogen (secondary N) is 1. The molecule has 90 valence electrons. The van der Waals surface area contributed by atoms with Crippen LogP contribution >= 0.6 is 0 Å². The molecule has 0 aromatic carbocycles. The number of imidazole rings is 1. The van der Waals surface area contributed by atoms with Crippen LogP contribution in [0, 0.1) is 6.92 Å². The van der Waals surface area contributed by atoms with Gasteiger partial charge >= 0.3 is 0 Å². The van der Waals surface area contributed by atoms with Crippen molar-refractivity contribution in [2.24, 2.45) is 5.84 Å². The molecule has 0 fully saturated rings. The largest absolute Gasteiger partial charge is 0.308 e. The summed E-state index contributed by atoms with van der Waals surface area (Å²) in [5, 5.41) is 0. The van der Waals surface area contributed by atoms with E-state index in [4.69, 9.17) is 5.84 Å². The highest BCUT2D eigenvalue weighted by Crippen LogP contribution is 2.16. The fourth-order valence-corrected chi connectivity index (χ4v) is 1.53. The highest BCUT2D eigenvalue weighted by Gasteiger charge is 2.09. The summed E-state index contributed by atoms with van der Waals surface area (Å²) in [6.07, 6.45) is 3.60. The molecule has 3 N–H and O–H groups in total. The Morgan fingerprint density at radius 3 is 2.65 bits per heavy atom. The first-order valence-corrected chi connectivity index (χ1v) is 5.47. The maximum atomic E-state index is 5.41. The molecule has 17 heavy (non-hydrogen) atoms. The lowest BCUT2D eigenvalue weighted by Crippen LogP contribution is -2.13. The van der Waals surface area contributed by atoms with Crippen LogP contribution in [0.4, 0.5) is 5.82 Å². The van der Waals surface area contributed by atoms with E-state index in [-0.39, 0.29) is 5.92 Å². The summed E-state index contributed by atoms with van der Waals surface area (Å²) in [5.74, 6) is 8.66. The number of hydrogen-bond acceptors (Lipinski definition) is 5. The molecule has 2 aromatic heterocycles. The average molecular weight is 232 g/mol. The van der Waals surface area contributed by atoms with Gasteiger partial charge < -0.3 is 5.43 Å². The SMILES string of the molecule is Cc1nccn1-c1cc(NN)nc(C(C)C)n1. The van der Waals surface area contributed by atoms with E-state index in [9.17, 15) is 0 Å². The number of aromatic nitrogens is 4. The molecule has 0 atom stereocenters. The highest BCUT2D eigenvalue weighted by atomic mass is 15.3. The zero-order valence-electron chi connectivity index (χ0n) is 10.2. The fourth-order valence-electron chi connectivity index (χ4n) is 1.53. The van der Waals surface area contributed by atoms with Crippen LogP contribution in [-0.4, -0.2) is 19.5 Å². The Bertz CT molecular complexity index is 516. The quantitative estimate of drug-likeness (QED) is 0.617. The first-order chi connectivity index (χ1) is 8.11. The van der Waals surface area contributed by atoms with Crippen LogP contribution < -0.4 is 11.3 Å². The molecule has 2 rings (SSSR count). The van der Waals surface area contributed by atoms with Crippen LogP contribution in [0.3, 0.4) is 0 Å². The number of nitrogens with zero attached hydrogens (tertiary/aromatic N) is 4. The van der Waals surface area contributed by atoms with Crippen LogP contribution in [0.5, 0.6) is 0 Å². The van der Waals surface area contributed by atoms with Gasteiger partial charge in [-0.2, -0.15) is 0 Å². The van der Waals surface area contributed by atoms with Gasteiger partial charge in [0.15, 0.2) is 0 Å². The minimum Gasteiger partial charge on any atom is -0.308 e. The van der Waals surface area contributed by atoms with E-state index in [2.05, 4.69) is 20.4 Å². The lowest BCUT2D eigenvalue weighted by atomic mass is 10.2. The second-order valence-corrected chi connectivity index (χ2v) is 4.11. The molecule has 6 heteroatoms. The van der Waals surface area contributed by atoms with Crippen molar-refractivity contribution in [2.75, 3.05) is 5.43 Å². The summed E-state index contributed by atoms with van der Waals surface area (Å²) in [7, 11) is 0. The second kappa shape index (κ2) is 4.50. The minimum absolute atomic E-state index is 0.242. The normalized spacial score (nSPS) is 10.9. The Hall–Kier alpha value is -1.95. The number of hydrazine groups is 1. The first-order valence-electron chi connectivity index (χ1n) is 5.47. The van der Waals surface area contributed by atoms with Crippen molar-refractivity contribution < 1.29 is 0 Å². The third-order valence-electron chi connectivity index (χ3n) is 2.47. The fraction of sp³-hybridized carbons (Fsp3) is 0.364. The van der Waals surface area contributed by atoms with Gasteiger partial charge in [-0.1, -0.05) is 13.8 Å². The van der Waals surface area contributed by atoms with Gasteiger partial charge in [0.1, 0.15) is 23.3 Å². The van der Waals surface area contributed by atoms with Gasteiger partial charge in [0, 0.05) is 24.4 Å². The summed E-state index contributed by atoms with van der Waals surface area (Å²) in [4.78, 5) is 13.0. The van der Waals surface area contributed by atoms with Gasteiger partial charge in [0.05, 0.1) is 0 Å². The molecule has 0 saturated heterocycles. The van der Waals surface area contributed by atoms with E-state index in [1.807, 2.05) is 31.5 Å². The van der Waals surface area contributed by atoms with Crippen molar-refractivity contribution in [3.63, 3.8) is 0 Å². The molecule has 0 aliphatic heterocycles. The molecule has 2 aromatic rings. The highest BCUT2D eigenvalue weighted by molar-refractivity contribution is 5.41. The number of rotatable bonds is 3. The summed E-state index contributed by atoms with van der Waals surface area (Å²) in [6.45, 7) is 6.01. The molecular weight excluding hydrogens is 216 g/mol. The summed E-state index contributed by atoms with van der Waals surface area (Å²) in [6, 6.07) is 1.79. The molecule has 0 radical (unpaired) electrons. The van der Waals surface area contributed by atoms with E-state index in [1.54, 1.807) is 12.3 Å². The van der Waals surface area contributed by atoms with Gasteiger partial charge in [0.25, 0.3) is 0 Å². The van der Waals surface area contributed by atoms with Crippen molar-refractivity contribution in [2.45, 2.75) is 26.7 Å². The topological polar surface area (TPSA) is 81.7 Å². The zero-order chi connectivity index (χ0) is 12.4.